The second-order valence-corrected chi connectivity index (χ2v) is 7.17. The molecule has 7 nitrogen and oxygen atoms in total. The van der Waals surface area contributed by atoms with Gasteiger partial charge in [-0.05, 0) is 44.8 Å². The van der Waals surface area contributed by atoms with E-state index in [9.17, 15) is 9.59 Å². The molecule has 25 heavy (non-hydrogen) atoms. The number of nitrogens with zero attached hydrogens (tertiary/aromatic N) is 1. The smallest absolute Gasteiger partial charge is 0.270 e. The molecule has 1 aromatic heterocycles. The van der Waals surface area contributed by atoms with E-state index in [0.717, 1.165) is 51.9 Å². The standard InChI is InChI=1S/C18H28N4O3/c1-25-13-18(4-6-19-7-5-18)12-21-16(23)14-10-15(20-11-14)17(24)22-8-2-3-9-22/h10-11,19-20H,2-9,12-13H2,1H3,(H,21,23). The fourth-order valence-corrected chi connectivity index (χ4v) is 3.74. The minimum atomic E-state index is -0.147. The first kappa shape index (κ1) is 17.9. The average molecular weight is 348 g/mol. The zero-order valence-corrected chi connectivity index (χ0v) is 14.9. The van der Waals surface area contributed by atoms with E-state index in [2.05, 4.69) is 15.6 Å². The van der Waals surface area contributed by atoms with E-state index >= 15 is 0 Å². The van der Waals surface area contributed by atoms with Crippen LogP contribution in [0.4, 0.5) is 0 Å². The third kappa shape index (κ3) is 4.22. The van der Waals surface area contributed by atoms with Crippen molar-refractivity contribution in [3.8, 4) is 0 Å². The first-order valence-electron chi connectivity index (χ1n) is 9.09. The van der Waals surface area contributed by atoms with Crippen LogP contribution in [-0.2, 0) is 4.74 Å². The number of hydrogen-bond acceptors (Lipinski definition) is 4. The molecule has 7 heteroatoms. The maximum Gasteiger partial charge on any atom is 0.270 e. The number of piperidine rings is 1. The van der Waals surface area contributed by atoms with E-state index in [1.165, 1.54) is 0 Å². The summed E-state index contributed by atoms with van der Waals surface area (Å²) in [6.07, 6.45) is 5.68. The Kier molecular flexibility index (Phi) is 5.75. The zero-order chi connectivity index (χ0) is 17.7. The molecule has 3 rings (SSSR count). The highest BCUT2D eigenvalue weighted by atomic mass is 16.5. The van der Waals surface area contributed by atoms with E-state index < -0.39 is 0 Å². The summed E-state index contributed by atoms with van der Waals surface area (Å²) in [4.78, 5) is 29.6. The lowest BCUT2D eigenvalue weighted by Gasteiger charge is -2.37. The van der Waals surface area contributed by atoms with Crippen molar-refractivity contribution in [2.24, 2.45) is 5.41 Å². The summed E-state index contributed by atoms with van der Waals surface area (Å²) in [6.45, 7) is 4.71. The first-order chi connectivity index (χ1) is 12.1. The van der Waals surface area contributed by atoms with Gasteiger partial charge in [-0.1, -0.05) is 0 Å². The van der Waals surface area contributed by atoms with E-state index in [1.54, 1.807) is 19.4 Å². The molecule has 2 aliphatic heterocycles. The van der Waals surface area contributed by atoms with Crippen LogP contribution < -0.4 is 10.6 Å². The van der Waals surface area contributed by atoms with Gasteiger partial charge in [0.05, 0.1) is 12.2 Å². The third-order valence-electron chi connectivity index (χ3n) is 5.31. The molecular weight excluding hydrogens is 320 g/mol. The average Bonchev–Trinajstić information content (AvgIpc) is 3.32. The van der Waals surface area contributed by atoms with E-state index in [1.807, 2.05) is 4.90 Å². The highest BCUT2D eigenvalue weighted by Crippen LogP contribution is 2.28. The van der Waals surface area contributed by atoms with Crippen molar-refractivity contribution in [3.63, 3.8) is 0 Å². The molecular formula is C18H28N4O3. The minimum absolute atomic E-state index is 0.0137. The van der Waals surface area contributed by atoms with Crippen molar-refractivity contribution in [2.75, 3.05) is 46.4 Å². The SMILES string of the molecule is COCC1(CNC(=O)c2c[nH]c(C(=O)N3CCCC3)c2)CCNCC1. The van der Waals surface area contributed by atoms with Crippen LogP contribution in [0.3, 0.4) is 0 Å². The molecule has 3 N–H and O–H groups in total. The lowest BCUT2D eigenvalue weighted by molar-refractivity contribution is 0.0512. The molecule has 0 radical (unpaired) electrons. The monoisotopic (exact) mass is 348 g/mol. The molecule has 0 atom stereocenters. The third-order valence-corrected chi connectivity index (χ3v) is 5.31. The number of nitrogens with one attached hydrogen (secondary N) is 3. The molecule has 0 aromatic carbocycles. The highest BCUT2D eigenvalue weighted by Gasteiger charge is 2.32. The van der Waals surface area contributed by atoms with Crippen molar-refractivity contribution in [2.45, 2.75) is 25.7 Å². The zero-order valence-electron chi connectivity index (χ0n) is 14.9. The lowest BCUT2D eigenvalue weighted by atomic mass is 9.79. The molecule has 2 saturated heterocycles. The van der Waals surface area contributed by atoms with Crippen LogP contribution in [-0.4, -0.2) is 68.1 Å². The predicted octanol–water partition coefficient (Wildman–Crippen LogP) is 0.997. The molecule has 138 valence electrons. The first-order valence-corrected chi connectivity index (χ1v) is 9.09. The number of aromatic nitrogens is 1. The normalized spacial score (nSPS) is 19.8. The van der Waals surface area contributed by atoms with Crippen LogP contribution in [0.25, 0.3) is 0 Å². The van der Waals surface area contributed by atoms with Crippen molar-refractivity contribution in [1.82, 2.24) is 20.5 Å². The van der Waals surface area contributed by atoms with E-state index in [4.69, 9.17) is 4.74 Å². The molecule has 2 aliphatic rings. The molecule has 2 amide bonds. The number of carbonyl (C=O) groups is 2. The van der Waals surface area contributed by atoms with Gasteiger partial charge in [-0.3, -0.25) is 9.59 Å². The second-order valence-electron chi connectivity index (χ2n) is 7.17. The maximum absolute atomic E-state index is 12.5. The van der Waals surface area contributed by atoms with Gasteiger partial charge in [-0.2, -0.15) is 0 Å². The quantitative estimate of drug-likeness (QED) is 0.716. The van der Waals surface area contributed by atoms with Gasteiger partial charge in [0.2, 0.25) is 0 Å². The Balaban J connectivity index is 1.58. The molecule has 3 heterocycles. The van der Waals surface area contributed by atoms with Crippen molar-refractivity contribution >= 4 is 11.8 Å². The van der Waals surface area contributed by atoms with Crippen molar-refractivity contribution in [3.05, 3.63) is 23.5 Å². The second kappa shape index (κ2) is 8.01. The van der Waals surface area contributed by atoms with Gasteiger partial charge in [-0.15, -0.1) is 0 Å². The van der Waals surface area contributed by atoms with Gasteiger partial charge in [0.1, 0.15) is 5.69 Å². The fourth-order valence-electron chi connectivity index (χ4n) is 3.74. The topological polar surface area (TPSA) is 86.5 Å². The number of aromatic amines is 1. The van der Waals surface area contributed by atoms with E-state index in [0.29, 0.717) is 24.4 Å². The van der Waals surface area contributed by atoms with Gasteiger partial charge in [0.15, 0.2) is 0 Å². The number of likely N-dealkylation sites (tertiary alicyclic amines) is 1. The predicted molar refractivity (Wildman–Crippen MR) is 94.7 cm³/mol. The number of amides is 2. The van der Waals surface area contributed by atoms with Gasteiger partial charge in [0.25, 0.3) is 11.8 Å². The number of hydrogen-bond donors (Lipinski definition) is 3. The summed E-state index contributed by atoms with van der Waals surface area (Å²) in [5.41, 5.74) is 0.977. The Hall–Kier alpha value is -1.86. The minimum Gasteiger partial charge on any atom is -0.384 e. The van der Waals surface area contributed by atoms with Crippen LogP contribution in [0.15, 0.2) is 12.3 Å². The van der Waals surface area contributed by atoms with Crippen LogP contribution in [0.1, 0.15) is 46.5 Å². The molecule has 2 fully saturated rings. The molecule has 0 aliphatic carbocycles. The summed E-state index contributed by atoms with van der Waals surface area (Å²) in [7, 11) is 1.70. The van der Waals surface area contributed by atoms with Gasteiger partial charge in [0, 0.05) is 38.4 Å². The molecule has 0 spiro atoms. The summed E-state index contributed by atoms with van der Waals surface area (Å²) >= 11 is 0. The Morgan fingerprint density at radius 2 is 2.00 bits per heavy atom. The molecule has 0 saturated carbocycles. The molecule has 0 bridgehead atoms. The Morgan fingerprint density at radius 1 is 1.28 bits per heavy atom. The summed E-state index contributed by atoms with van der Waals surface area (Å²) in [6, 6.07) is 1.65. The largest absolute Gasteiger partial charge is 0.384 e. The lowest BCUT2D eigenvalue weighted by Crippen LogP contribution is -2.47. The summed E-state index contributed by atoms with van der Waals surface area (Å²) < 4.78 is 5.38. The number of ether oxygens (including phenoxy) is 1. The highest BCUT2D eigenvalue weighted by molar-refractivity contribution is 5.99. The van der Waals surface area contributed by atoms with Crippen LogP contribution in [0.5, 0.6) is 0 Å². The summed E-state index contributed by atoms with van der Waals surface area (Å²) in [5.74, 6) is -0.170. The van der Waals surface area contributed by atoms with Crippen LogP contribution in [0.2, 0.25) is 0 Å². The number of H-pyrrole nitrogens is 1. The Morgan fingerprint density at radius 3 is 2.68 bits per heavy atom. The molecule has 1 aromatic rings. The van der Waals surface area contributed by atoms with E-state index in [-0.39, 0.29) is 17.2 Å². The van der Waals surface area contributed by atoms with Crippen LogP contribution in [0, 0.1) is 5.41 Å². The van der Waals surface area contributed by atoms with Gasteiger partial charge < -0.3 is 25.3 Å². The summed E-state index contributed by atoms with van der Waals surface area (Å²) in [5, 5.41) is 6.37. The fraction of sp³-hybridized carbons (Fsp3) is 0.667. The van der Waals surface area contributed by atoms with Crippen molar-refractivity contribution < 1.29 is 14.3 Å². The number of carbonyl (C=O) groups excluding carboxylic acids is 2. The maximum atomic E-state index is 12.5. The van der Waals surface area contributed by atoms with Crippen LogP contribution >= 0.6 is 0 Å². The Bertz CT molecular complexity index is 596. The van der Waals surface area contributed by atoms with Gasteiger partial charge in [-0.25, -0.2) is 0 Å². The molecule has 0 unspecified atom stereocenters. The van der Waals surface area contributed by atoms with Gasteiger partial charge >= 0.3 is 0 Å². The number of methoxy groups -OCH3 is 1. The number of rotatable bonds is 6. The Labute approximate surface area is 148 Å². The van der Waals surface area contributed by atoms with Crippen molar-refractivity contribution in [1.29, 1.82) is 0 Å².